The van der Waals surface area contributed by atoms with Gasteiger partial charge in [0.1, 0.15) is 11.1 Å². The SMILES string of the molecule is CCc1cc(C=C(C#N)C(=S)NCc2cc(O)c(O)c(O)c2)cc(O)c1O. The van der Waals surface area contributed by atoms with Crippen LogP contribution in [0, 0.1) is 11.3 Å². The summed E-state index contributed by atoms with van der Waals surface area (Å²) in [4.78, 5) is 0.121. The van der Waals surface area contributed by atoms with Gasteiger partial charge in [-0.2, -0.15) is 5.26 Å². The van der Waals surface area contributed by atoms with Crippen LogP contribution in [0.5, 0.6) is 28.7 Å². The zero-order valence-electron chi connectivity index (χ0n) is 14.4. The van der Waals surface area contributed by atoms with E-state index in [9.17, 15) is 30.8 Å². The number of nitriles is 1. The fraction of sp³-hybridized carbons (Fsp3) is 0.158. The third-order valence-corrected chi connectivity index (χ3v) is 4.19. The standard InChI is InChI=1S/C19H18N2O5S/c1-2-12-3-10(5-14(22)17(12)25)4-13(8-20)19(27)21-9-11-6-15(23)18(26)16(24)7-11/h3-7,22-26H,2,9H2,1H3,(H,21,27). The van der Waals surface area contributed by atoms with E-state index in [4.69, 9.17) is 12.2 Å². The number of hydrogen-bond acceptors (Lipinski definition) is 7. The van der Waals surface area contributed by atoms with Crippen molar-refractivity contribution in [3.63, 3.8) is 0 Å². The molecule has 7 nitrogen and oxygen atoms in total. The fourth-order valence-corrected chi connectivity index (χ4v) is 2.59. The Balaban J connectivity index is 2.20. The Morgan fingerprint density at radius 2 is 1.63 bits per heavy atom. The molecule has 8 heteroatoms. The van der Waals surface area contributed by atoms with Gasteiger partial charge in [0.15, 0.2) is 28.7 Å². The quantitative estimate of drug-likeness (QED) is 0.200. The molecule has 0 aliphatic rings. The second-order valence-corrected chi connectivity index (χ2v) is 6.14. The van der Waals surface area contributed by atoms with Gasteiger partial charge < -0.3 is 30.8 Å². The average molecular weight is 386 g/mol. The molecular weight excluding hydrogens is 368 g/mol. The number of phenols is 5. The van der Waals surface area contributed by atoms with Crippen molar-refractivity contribution in [3.8, 4) is 34.8 Å². The van der Waals surface area contributed by atoms with E-state index < -0.39 is 17.2 Å². The third kappa shape index (κ3) is 4.59. The van der Waals surface area contributed by atoms with Crippen LogP contribution >= 0.6 is 12.2 Å². The van der Waals surface area contributed by atoms with Crippen LogP contribution < -0.4 is 5.32 Å². The first-order valence-electron chi connectivity index (χ1n) is 7.95. The zero-order chi connectivity index (χ0) is 20.1. The minimum atomic E-state index is -0.613. The van der Waals surface area contributed by atoms with Gasteiger partial charge in [-0.1, -0.05) is 19.1 Å². The van der Waals surface area contributed by atoms with Gasteiger partial charge in [-0.15, -0.1) is 0 Å². The van der Waals surface area contributed by atoms with Gasteiger partial charge in [0.05, 0.1) is 5.57 Å². The van der Waals surface area contributed by atoms with Crippen molar-refractivity contribution in [2.75, 3.05) is 0 Å². The second kappa shape index (κ2) is 8.29. The molecule has 2 aromatic rings. The molecule has 0 aromatic heterocycles. The molecule has 2 aromatic carbocycles. The van der Waals surface area contributed by atoms with E-state index in [1.165, 1.54) is 24.3 Å². The van der Waals surface area contributed by atoms with Crippen LogP contribution in [0.1, 0.15) is 23.6 Å². The number of thiocarbonyl (C=S) groups is 1. The van der Waals surface area contributed by atoms with E-state index >= 15 is 0 Å². The number of nitrogens with zero attached hydrogens (tertiary/aromatic N) is 1. The maximum absolute atomic E-state index is 9.78. The molecule has 0 aliphatic heterocycles. The van der Waals surface area contributed by atoms with Crippen molar-refractivity contribution in [1.29, 1.82) is 5.26 Å². The first-order chi connectivity index (χ1) is 12.8. The molecule has 0 unspecified atom stereocenters. The Hall–Kier alpha value is -3.44. The van der Waals surface area contributed by atoms with Gasteiger partial charge in [0, 0.05) is 6.54 Å². The number of phenolic OH excluding ortho intramolecular Hbond substituents is 5. The lowest BCUT2D eigenvalue weighted by Gasteiger charge is -2.10. The molecule has 0 aliphatic carbocycles. The van der Waals surface area contributed by atoms with E-state index in [0.29, 0.717) is 23.1 Å². The van der Waals surface area contributed by atoms with E-state index in [2.05, 4.69) is 5.32 Å². The van der Waals surface area contributed by atoms with Crippen LogP contribution in [0.15, 0.2) is 29.8 Å². The summed E-state index contributed by atoms with van der Waals surface area (Å²) < 4.78 is 0. The first-order valence-corrected chi connectivity index (χ1v) is 8.36. The van der Waals surface area contributed by atoms with Gasteiger partial charge in [0.25, 0.3) is 0 Å². The molecule has 0 spiro atoms. The number of benzene rings is 2. The molecule has 0 amide bonds. The molecule has 6 N–H and O–H groups in total. The number of nitrogens with one attached hydrogen (secondary N) is 1. The van der Waals surface area contributed by atoms with Crippen molar-refractivity contribution in [3.05, 3.63) is 46.5 Å². The van der Waals surface area contributed by atoms with Crippen LogP contribution in [0.4, 0.5) is 0 Å². The van der Waals surface area contributed by atoms with E-state index in [-0.39, 0.29) is 28.6 Å². The molecule has 0 radical (unpaired) electrons. The lowest BCUT2D eigenvalue weighted by molar-refractivity contribution is 0.367. The van der Waals surface area contributed by atoms with Crippen LogP contribution in [0.2, 0.25) is 0 Å². The highest BCUT2D eigenvalue weighted by Crippen LogP contribution is 2.35. The fourth-order valence-electron chi connectivity index (χ4n) is 2.41. The van der Waals surface area contributed by atoms with Crippen LogP contribution in [0.3, 0.4) is 0 Å². The predicted molar refractivity (Wildman–Crippen MR) is 104 cm³/mol. The highest BCUT2D eigenvalue weighted by atomic mass is 32.1. The first kappa shape index (κ1) is 19.9. The molecule has 0 heterocycles. The Bertz CT molecular complexity index is 940. The van der Waals surface area contributed by atoms with Gasteiger partial charge >= 0.3 is 0 Å². The van der Waals surface area contributed by atoms with Crippen LogP contribution in [0.25, 0.3) is 6.08 Å². The van der Waals surface area contributed by atoms with Crippen molar-refractivity contribution in [1.82, 2.24) is 5.32 Å². The Labute approximate surface area is 161 Å². The van der Waals surface area contributed by atoms with E-state index in [1.807, 2.05) is 13.0 Å². The molecular formula is C19H18N2O5S. The van der Waals surface area contributed by atoms with E-state index in [0.717, 1.165) is 0 Å². The summed E-state index contributed by atoms with van der Waals surface area (Å²) >= 11 is 5.20. The lowest BCUT2D eigenvalue weighted by Crippen LogP contribution is -2.22. The smallest absolute Gasteiger partial charge is 0.200 e. The highest BCUT2D eigenvalue weighted by Gasteiger charge is 2.11. The molecule has 0 saturated heterocycles. The van der Waals surface area contributed by atoms with Crippen molar-refractivity contribution in [2.24, 2.45) is 0 Å². The van der Waals surface area contributed by atoms with Gasteiger partial charge in [-0.05, 0) is 53.5 Å². The molecule has 0 saturated carbocycles. The minimum Gasteiger partial charge on any atom is -0.504 e. The predicted octanol–water partition coefficient (Wildman–Crippen LogP) is 2.80. The number of aryl methyl sites for hydroxylation is 1. The summed E-state index contributed by atoms with van der Waals surface area (Å²) in [6.07, 6.45) is 1.97. The van der Waals surface area contributed by atoms with Crippen LogP contribution in [-0.4, -0.2) is 30.5 Å². The maximum atomic E-state index is 9.78. The second-order valence-electron chi connectivity index (χ2n) is 5.74. The number of aromatic hydroxyl groups is 5. The average Bonchev–Trinajstić information content (AvgIpc) is 2.64. The van der Waals surface area contributed by atoms with Gasteiger partial charge in [-0.25, -0.2) is 0 Å². The molecule has 0 atom stereocenters. The molecule has 140 valence electrons. The monoisotopic (exact) mass is 386 g/mol. The third-order valence-electron chi connectivity index (χ3n) is 3.83. The van der Waals surface area contributed by atoms with E-state index in [1.54, 1.807) is 6.07 Å². The molecule has 27 heavy (non-hydrogen) atoms. The Morgan fingerprint density at radius 1 is 1.04 bits per heavy atom. The Morgan fingerprint density at radius 3 is 2.19 bits per heavy atom. The van der Waals surface area contributed by atoms with Gasteiger partial charge in [0.2, 0.25) is 0 Å². The van der Waals surface area contributed by atoms with Crippen molar-refractivity contribution < 1.29 is 25.5 Å². The summed E-state index contributed by atoms with van der Waals surface area (Å²) in [5.41, 5.74) is 1.61. The molecule has 0 bridgehead atoms. The number of hydrogen-bond donors (Lipinski definition) is 6. The normalized spacial score (nSPS) is 11.0. The Kier molecular flexibility index (Phi) is 6.11. The minimum absolute atomic E-state index is 0.0975. The van der Waals surface area contributed by atoms with Crippen LogP contribution in [-0.2, 0) is 13.0 Å². The largest absolute Gasteiger partial charge is 0.504 e. The highest BCUT2D eigenvalue weighted by molar-refractivity contribution is 7.80. The summed E-state index contributed by atoms with van der Waals surface area (Å²) in [5, 5.41) is 60.1. The summed E-state index contributed by atoms with van der Waals surface area (Å²) in [6, 6.07) is 7.44. The topological polar surface area (TPSA) is 137 Å². The lowest BCUT2D eigenvalue weighted by atomic mass is 10.0. The van der Waals surface area contributed by atoms with Gasteiger partial charge in [-0.3, -0.25) is 0 Å². The summed E-state index contributed by atoms with van der Waals surface area (Å²) in [5.74, 6) is -2.04. The molecule has 2 rings (SSSR count). The summed E-state index contributed by atoms with van der Waals surface area (Å²) in [7, 11) is 0. The van der Waals surface area contributed by atoms with Crippen molar-refractivity contribution in [2.45, 2.75) is 19.9 Å². The maximum Gasteiger partial charge on any atom is 0.200 e. The van der Waals surface area contributed by atoms with Crippen molar-refractivity contribution >= 4 is 23.3 Å². The summed E-state index contributed by atoms with van der Waals surface area (Å²) in [6.45, 7) is 1.92. The number of rotatable bonds is 5. The molecule has 0 fully saturated rings. The zero-order valence-corrected chi connectivity index (χ0v) is 15.2.